The maximum absolute atomic E-state index is 12.1. The van der Waals surface area contributed by atoms with Gasteiger partial charge in [0.05, 0.1) is 18.5 Å². The van der Waals surface area contributed by atoms with Gasteiger partial charge in [0.15, 0.2) is 0 Å². The lowest BCUT2D eigenvalue weighted by Gasteiger charge is -2.23. The first-order chi connectivity index (χ1) is 9.77. The molecule has 0 radical (unpaired) electrons. The Labute approximate surface area is 127 Å². The first-order valence-corrected chi connectivity index (χ1v) is 8.73. The van der Waals surface area contributed by atoms with Crippen molar-refractivity contribution in [2.45, 2.75) is 27.3 Å². The minimum atomic E-state index is -3.32. The molecule has 0 amide bonds. The Kier molecular flexibility index (Phi) is 4.37. The highest BCUT2D eigenvalue weighted by atomic mass is 32.2. The second kappa shape index (κ2) is 5.90. The normalized spacial score (nSPS) is 11.4. The number of hydrogen-bond acceptors (Lipinski definition) is 2. The van der Waals surface area contributed by atoms with E-state index in [4.69, 9.17) is 0 Å². The quantitative estimate of drug-likeness (QED) is 0.866. The molecule has 0 heterocycles. The summed E-state index contributed by atoms with van der Waals surface area (Å²) in [5.74, 6) is 0. The van der Waals surface area contributed by atoms with Crippen LogP contribution in [-0.4, -0.2) is 14.7 Å². The van der Waals surface area contributed by atoms with Gasteiger partial charge in [0, 0.05) is 0 Å². The topological polar surface area (TPSA) is 37.4 Å². The summed E-state index contributed by atoms with van der Waals surface area (Å²) >= 11 is 0. The summed E-state index contributed by atoms with van der Waals surface area (Å²) in [4.78, 5) is 0. The molecule has 2 aromatic carbocycles. The van der Waals surface area contributed by atoms with Crippen molar-refractivity contribution < 1.29 is 8.42 Å². The highest BCUT2D eigenvalue weighted by Gasteiger charge is 2.18. The first-order valence-electron chi connectivity index (χ1n) is 6.88. The second-order valence-electron chi connectivity index (χ2n) is 5.52. The van der Waals surface area contributed by atoms with Gasteiger partial charge in [-0.1, -0.05) is 35.9 Å². The number of hydrogen-bond donors (Lipinski definition) is 0. The van der Waals surface area contributed by atoms with Crippen molar-refractivity contribution in [3.63, 3.8) is 0 Å². The molecule has 0 aromatic heterocycles. The van der Waals surface area contributed by atoms with Crippen molar-refractivity contribution in [2.24, 2.45) is 0 Å². The molecule has 2 aromatic rings. The minimum absolute atomic E-state index is 0.349. The van der Waals surface area contributed by atoms with E-state index in [0.29, 0.717) is 12.2 Å². The molecule has 2 rings (SSSR count). The van der Waals surface area contributed by atoms with Crippen molar-refractivity contribution >= 4 is 15.7 Å². The zero-order chi connectivity index (χ0) is 15.6. The van der Waals surface area contributed by atoms with Gasteiger partial charge >= 0.3 is 0 Å². The molecule has 0 bridgehead atoms. The van der Waals surface area contributed by atoms with Gasteiger partial charge < -0.3 is 0 Å². The van der Waals surface area contributed by atoms with Crippen LogP contribution >= 0.6 is 0 Å². The Balaban J connectivity index is 2.39. The van der Waals surface area contributed by atoms with Crippen LogP contribution in [0.1, 0.15) is 22.3 Å². The first kappa shape index (κ1) is 15.6. The summed E-state index contributed by atoms with van der Waals surface area (Å²) in [6, 6.07) is 13.7. The molecule has 0 unspecified atom stereocenters. The number of aryl methyl sites for hydroxylation is 3. The minimum Gasteiger partial charge on any atom is -0.266 e. The van der Waals surface area contributed by atoms with E-state index in [1.54, 1.807) is 0 Å². The number of anilines is 1. The molecule has 3 nitrogen and oxygen atoms in total. The summed E-state index contributed by atoms with van der Waals surface area (Å²) < 4.78 is 25.7. The van der Waals surface area contributed by atoms with E-state index in [0.717, 1.165) is 22.3 Å². The summed E-state index contributed by atoms with van der Waals surface area (Å²) in [5.41, 5.74) is 5.09. The third kappa shape index (κ3) is 3.85. The van der Waals surface area contributed by atoms with Crippen LogP contribution < -0.4 is 4.31 Å². The average Bonchev–Trinajstić information content (AvgIpc) is 2.40. The van der Waals surface area contributed by atoms with Crippen LogP contribution in [0.4, 0.5) is 5.69 Å². The summed E-state index contributed by atoms with van der Waals surface area (Å²) in [6.07, 6.45) is 1.25. The third-order valence-corrected chi connectivity index (χ3v) is 4.77. The molecule has 0 saturated heterocycles. The molecule has 0 fully saturated rings. The van der Waals surface area contributed by atoms with Gasteiger partial charge in [0.25, 0.3) is 0 Å². The Hall–Kier alpha value is -1.81. The number of sulfonamides is 1. The highest BCUT2D eigenvalue weighted by molar-refractivity contribution is 7.92. The van der Waals surface area contributed by atoms with E-state index in [1.807, 2.05) is 63.2 Å². The molecule has 112 valence electrons. The van der Waals surface area contributed by atoms with E-state index in [9.17, 15) is 8.42 Å². The standard InChI is InChI=1S/C17H21NO2S/c1-13-5-8-16(9-6-13)12-18(21(4,19)20)17-10-7-14(2)15(3)11-17/h5-11H,12H2,1-4H3. The molecule has 0 N–H and O–H groups in total. The lowest BCUT2D eigenvalue weighted by atomic mass is 10.1. The van der Waals surface area contributed by atoms with Crippen molar-refractivity contribution in [3.05, 3.63) is 64.7 Å². The van der Waals surface area contributed by atoms with Gasteiger partial charge in [-0.15, -0.1) is 0 Å². The van der Waals surface area contributed by atoms with Gasteiger partial charge in [-0.2, -0.15) is 0 Å². The second-order valence-corrected chi connectivity index (χ2v) is 7.43. The van der Waals surface area contributed by atoms with Gasteiger partial charge in [0.2, 0.25) is 10.0 Å². The summed E-state index contributed by atoms with van der Waals surface area (Å²) in [5, 5.41) is 0. The highest BCUT2D eigenvalue weighted by Crippen LogP contribution is 2.23. The average molecular weight is 303 g/mol. The number of rotatable bonds is 4. The molecular weight excluding hydrogens is 282 g/mol. The van der Waals surface area contributed by atoms with Crippen LogP contribution in [0.3, 0.4) is 0 Å². The molecule has 0 aliphatic heterocycles. The maximum atomic E-state index is 12.1. The van der Waals surface area contributed by atoms with Crippen molar-refractivity contribution in [1.82, 2.24) is 0 Å². The lowest BCUT2D eigenvalue weighted by molar-refractivity contribution is 0.596. The Bertz CT molecular complexity index is 734. The fourth-order valence-electron chi connectivity index (χ4n) is 2.14. The smallest absolute Gasteiger partial charge is 0.232 e. The molecule has 0 aliphatic carbocycles. The zero-order valence-electron chi connectivity index (χ0n) is 12.9. The largest absolute Gasteiger partial charge is 0.266 e. The van der Waals surface area contributed by atoms with Gasteiger partial charge in [-0.3, -0.25) is 4.31 Å². The van der Waals surface area contributed by atoms with Crippen LogP contribution in [0.5, 0.6) is 0 Å². The van der Waals surface area contributed by atoms with Crippen molar-refractivity contribution in [3.8, 4) is 0 Å². The molecule has 0 saturated carbocycles. The van der Waals surface area contributed by atoms with E-state index < -0.39 is 10.0 Å². The zero-order valence-corrected chi connectivity index (χ0v) is 13.7. The molecule has 0 atom stereocenters. The molecule has 4 heteroatoms. The van der Waals surface area contributed by atoms with Crippen LogP contribution in [0.2, 0.25) is 0 Å². The fourth-order valence-corrected chi connectivity index (χ4v) is 3.02. The third-order valence-electron chi connectivity index (χ3n) is 3.63. The number of benzene rings is 2. The van der Waals surface area contributed by atoms with Crippen molar-refractivity contribution in [2.75, 3.05) is 10.6 Å². The summed E-state index contributed by atoms with van der Waals surface area (Å²) in [7, 11) is -3.32. The molecular formula is C17H21NO2S. The van der Waals surface area contributed by atoms with E-state index in [1.165, 1.54) is 10.6 Å². The summed E-state index contributed by atoms with van der Waals surface area (Å²) in [6.45, 7) is 6.37. The van der Waals surface area contributed by atoms with Gasteiger partial charge in [-0.25, -0.2) is 8.42 Å². The van der Waals surface area contributed by atoms with E-state index in [-0.39, 0.29) is 0 Å². The predicted molar refractivity (Wildman–Crippen MR) is 88.1 cm³/mol. The Morgan fingerprint density at radius 2 is 1.52 bits per heavy atom. The Morgan fingerprint density at radius 3 is 2.05 bits per heavy atom. The molecule has 0 aliphatic rings. The fraction of sp³-hybridized carbons (Fsp3) is 0.294. The van der Waals surface area contributed by atoms with Crippen LogP contribution in [0.25, 0.3) is 0 Å². The predicted octanol–water partition coefficient (Wildman–Crippen LogP) is 3.58. The molecule has 0 spiro atoms. The van der Waals surface area contributed by atoms with Crippen molar-refractivity contribution in [1.29, 1.82) is 0 Å². The van der Waals surface area contributed by atoms with Gasteiger partial charge in [0.1, 0.15) is 0 Å². The van der Waals surface area contributed by atoms with Crippen LogP contribution in [0.15, 0.2) is 42.5 Å². The van der Waals surface area contributed by atoms with Gasteiger partial charge in [-0.05, 0) is 49.6 Å². The number of nitrogens with zero attached hydrogens (tertiary/aromatic N) is 1. The SMILES string of the molecule is Cc1ccc(CN(c2ccc(C)c(C)c2)S(C)(=O)=O)cc1. The maximum Gasteiger partial charge on any atom is 0.232 e. The Morgan fingerprint density at radius 1 is 0.905 bits per heavy atom. The monoisotopic (exact) mass is 303 g/mol. The van der Waals surface area contributed by atoms with E-state index >= 15 is 0 Å². The van der Waals surface area contributed by atoms with E-state index in [2.05, 4.69) is 0 Å². The van der Waals surface area contributed by atoms with Crippen LogP contribution in [0, 0.1) is 20.8 Å². The lowest BCUT2D eigenvalue weighted by Crippen LogP contribution is -2.29. The molecule has 21 heavy (non-hydrogen) atoms. The van der Waals surface area contributed by atoms with Crippen LogP contribution in [-0.2, 0) is 16.6 Å².